The van der Waals surface area contributed by atoms with Gasteiger partial charge in [0.25, 0.3) is 0 Å². The van der Waals surface area contributed by atoms with E-state index < -0.39 is 5.97 Å². The topological polar surface area (TPSA) is 37.3 Å². The average molecular weight is 192 g/mol. The van der Waals surface area contributed by atoms with Gasteiger partial charge in [0.05, 0.1) is 5.56 Å². The molecule has 0 radical (unpaired) electrons. The molecule has 0 aliphatic carbocycles. The van der Waals surface area contributed by atoms with Crippen molar-refractivity contribution in [3.8, 4) is 0 Å². The van der Waals surface area contributed by atoms with Crippen molar-refractivity contribution in [3.63, 3.8) is 0 Å². The van der Waals surface area contributed by atoms with Crippen LogP contribution in [-0.4, -0.2) is 11.1 Å². The second-order valence-corrected chi connectivity index (χ2v) is 3.59. The fourth-order valence-corrected chi connectivity index (χ4v) is 1.65. The quantitative estimate of drug-likeness (QED) is 0.799. The van der Waals surface area contributed by atoms with Crippen molar-refractivity contribution >= 4 is 5.97 Å². The van der Waals surface area contributed by atoms with E-state index in [1.807, 2.05) is 19.9 Å². The molecule has 2 nitrogen and oxygen atoms in total. The monoisotopic (exact) mass is 192 g/mol. The molecule has 1 aromatic rings. The third-order valence-electron chi connectivity index (χ3n) is 2.60. The zero-order chi connectivity index (χ0) is 10.7. The van der Waals surface area contributed by atoms with Crippen LogP contribution in [0.15, 0.2) is 12.1 Å². The summed E-state index contributed by atoms with van der Waals surface area (Å²) in [5.74, 6) is -0.823. The Hall–Kier alpha value is -1.31. The molecule has 2 heteroatoms. The maximum Gasteiger partial charge on any atom is 0.335 e. The van der Waals surface area contributed by atoms with Crippen molar-refractivity contribution in [2.24, 2.45) is 0 Å². The van der Waals surface area contributed by atoms with Crippen molar-refractivity contribution in [1.29, 1.82) is 0 Å². The van der Waals surface area contributed by atoms with Crippen LogP contribution in [0.4, 0.5) is 0 Å². The van der Waals surface area contributed by atoms with Crippen LogP contribution in [-0.2, 0) is 6.42 Å². The van der Waals surface area contributed by atoms with Crippen molar-refractivity contribution < 1.29 is 9.90 Å². The smallest absolute Gasteiger partial charge is 0.335 e. The fourth-order valence-electron chi connectivity index (χ4n) is 1.65. The molecule has 0 aliphatic rings. The summed E-state index contributed by atoms with van der Waals surface area (Å²) in [5.41, 5.74) is 3.72. The molecule has 0 spiro atoms. The molecule has 0 unspecified atom stereocenters. The molecule has 1 aromatic carbocycles. The number of carboxylic acid groups (broad SMARTS) is 1. The highest BCUT2D eigenvalue weighted by atomic mass is 16.4. The van der Waals surface area contributed by atoms with Crippen molar-refractivity contribution in [1.82, 2.24) is 0 Å². The maximum atomic E-state index is 11.0. The first kappa shape index (κ1) is 10.8. The third-order valence-corrected chi connectivity index (χ3v) is 2.60. The summed E-state index contributed by atoms with van der Waals surface area (Å²) < 4.78 is 0. The van der Waals surface area contributed by atoms with Crippen LogP contribution in [0.1, 0.15) is 40.4 Å². The Balaban J connectivity index is 3.29. The molecule has 0 saturated carbocycles. The van der Waals surface area contributed by atoms with Crippen LogP contribution in [0.3, 0.4) is 0 Å². The summed E-state index contributed by atoms with van der Waals surface area (Å²) in [4.78, 5) is 11.0. The highest BCUT2D eigenvalue weighted by Crippen LogP contribution is 2.19. The Morgan fingerprint density at radius 3 is 2.50 bits per heavy atom. The van der Waals surface area contributed by atoms with E-state index in [0.29, 0.717) is 5.56 Å². The molecule has 1 N–H and O–H groups in total. The number of benzene rings is 1. The number of carbonyl (C=O) groups is 1. The lowest BCUT2D eigenvalue weighted by Crippen LogP contribution is -2.05. The normalized spacial score (nSPS) is 10.2. The summed E-state index contributed by atoms with van der Waals surface area (Å²) >= 11 is 0. The molecule has 0 amide bonds. The summed E-state index contributed by atoms with van der Waals surface area (Å²) in [6.07, 6.45) is 1.82. The Bertz CT molecular complexity index is 354. The van der Waals surface area contributed by atoms with Gasteiger partial charge in [-0.3, -0.25) is 0 Å². The van der Waals surface area contributed by atoms with E-state index in [4.69, 9.17) is 5.11 Å². The standard InChI is InChI=1S/C12H16O2/c1-4-5-10-9(3)8(2)6-7-11(10)12(13)14/h6-7H,4-5H2,1-3H3,(H,13,14). The van der Waals surface area contributed by atoms with Gasteiger partial charge in [-0.2, -0.15) is 0 Å². The highest BCUT2D eigenvalue weighted by molar-refractivity contribution is 5.90. The first-order valence-electron chi connectivity index (χ1n) is 4.90. The van der Waals surface area contributed by atoms with Gasteiger partial charge in [0, 0.05) is 0 Å². The minimum absolute atomic E-state index is 0.454. The van der Waals surface area contributed by atoms with E-state index in [1.165, 1.54) is 5.56 Å². The summed E-state index contributed by atoms with van der Waals surface area (Å²) in [6, 6.07) is 3.58. The molecule has 0 heterocycles. The first-order valence-corrected chi connectivity index (χ1v) is 4.90. The largest absolute Gasteiger partial charge is 0.478 e. The predicted molar refractivity (Wildman–Crippen MR) is 56.9 cm³/mol. The number of hydrogen-bond acceptors (Lipinski definition) is 1. The van der Waals surface area contributed by atoms with Crippen molar-refractivity contribution in [2.45, 2.75) is 33.6 Å². The molecule has 0 fully saturated rings. The zero-order valence-corrected chi connectivity index (χ0v) is 8.92. The van der Waals surface area contributed by atoms with Crippen LogP contribution in [0.2, 0.25) is 0 Å². The molecular weight excluding hydrogens is 176 g/mol. The molecule has 0 aromatic heterocycles. The van der Waals surface area contributed by atoms with E-state index in [9.17, 15) is 4.79 Å². The molecular formula is C12H16O2. The van der Waals surface area contributed by atoms with E-state index in [1.54, 1.807) is 6.07 Å². The van der Waals surface area contributed by atoms with Crippen LogP contribution < -0.4 is 0 Å². The van der Waals surface area contributed by atoms with Crippen molar-refractivity contribution in [3.05, 3.63) is 34.4 Å². The van der Waals surface area contributed by atoms with Crippen molar-refractivity contribution in [2.75, 3.05) is 0 Å². The predicted octanol–water partition coefficient (Wildman–Crippen LogP) is 2.95. The van der Waals surface area contributed by atoms with Crippen LogP contribution in [0.5, 0.6) is 0 Å². The van der Waals surface area contributed by atoms with Gasteiger partial charge < -0.3 is 5.11 Å². The van der Waals surface area contributed by atoms with Crippen LogP contribution in [0, 0.1) is 13.8 Å². The summed E-state index contributed by atoms with van der Waals surface area (Å²) in [7, 11) is 0. The van der Waals surface area contributed by atoms with E-state index >= 15 is 0 Å². The van der Waals surface area contributed by atoms with Gasteiger partial charge in [-0.15, -0.1) is 0 Å². The lowest BCUT2D eigenvalue weighted by molar-refractivity contribution is 0.0695. The number of hydrogen-bond donors (Lipinski definition) is 1. The van der Waals surface area contributed by atoms with Crippen LogP contribution in [0.25, 0.3) is 0 Å². The van der Waals surface area contributed by atoms with Gasteiger partial charge in [-0.25, -0.2) is 4.79 Å². The minimum atomic E-state index is -0.823. The van der Waals surface area contributed by atoms with Crippen LogP contribution >= 0.6 is 0 Å². The minimum Gasteiger partial charge on any atom is -0.478 e. The van der Waals surface area contributed by atoms with E-state index in [0.717, 1.165) is 24.0 Å². The molecule has 0 saturated heterocycles. The molecule has 76 valence electrons. The van der Waals surface area contributed by atoms with Gasteiger partial charge in [0.2, 0.25) is 0 Å². The molecule has 14 heavy (non-hydrogen) atoms. The first-order chi connectivity index (χ1) is 6.57. The lowest BCUT2D eigenvalue weighted by Gasteiger charge is -2.11. The summed E-state index contributed by atoms with van der Waals surface area (Å²) in [5, 5.41) is 9.01. The Morgan fingerprint density at radius 1 is 1.36 bits per heavy atom. The number of aryl methyl sites for hydroxylation is 1. The number of rotatable bonds is 3. The lowest BCUT2D eigenvalue weighted by atomic mass is 9.94. The maximum absolute atomic E-state index is 11.0. The second-order valence-electron chi connectivity index (χ2n) is 3.59. The van der Waals surface area contributed by atoms with E-state index in [-0.39, 0.29) is 0 Å². The third kappa shape index (κ3) is 1.95. The summed E-state index contributed by atoms with van der Waals surface area (Å²) in [6.45, 7) is 6.07. The highest BCUT2D eigenvalue weighted by Gasteiger charge is 2.12. The zero-order valence-electron chi connectivity index (χ0n) is 8.92. The van der Waals surface area contributed by atoms with Gasteiger partial charge >= 0.3 is 5.97 Å². The fraction of sp³-hybridized carbons (Fsp3) is 0.417. The Morgan fingerprint density at radius 2 is 2.00 bits per heavy atom. The Kier molecular flexibility index (Phi) is 3.28. The molecule has 0 bridgehead atoms. The van der Waals surface area contributed by atoms with Gasteiger partial charge in [-0.05, 0) is 43.0 Å². The van der Waals surface area contributed by atoms with Gasteiger partial charge in [0.15, 0.2) is 0 Å². The second kappa shape index (κ2) is 4.27. The molecule has 0 atom stereocenters. The Labute approximate surface area is 84.6 Å². The molecule has 1 rings (SSSR count). The SMILES string of the molecule is CCCc1c(C(=O)O)ccc(C)c1C. The van der Waals surface area contributed by atoms with Gasteiger partial charge in [0.1, 0.15) is 0 Å². The van der Waals surface area contributed by atoms with Gasteiger partial charge in [-0.1, -0.05) is 19.4 Å². The number of carboxylic acids is 1. The number of aromatic carboxylic acids is 1. The molecule has 0 aliphatic heterocycles. The average Bonchev–Trinajstić information content (AvgIpc) is 2.13. The van der Waals surface area contributed by atoms with E-state index in [2.05, 4.69) is 6.92 Å².